The Morgan fingerprint density at radius 1 is 0.842 bits per heavy atom. The molecular formula is C11H6F5IN2. The molecule has 0 aliphatic heterocycles. The van der Waals surface area contributed by atoms with Crippen LogP contribution in [0.3, 0.4) is 0 Å². The minimum atomic E-state index is -2.19. The van der Waals surface area contributed by atoms with Crippen molar-refractivity contribution in [2.75, 3.05) is 0 Å². The van der Waals surface area contributed by atoms with Crippen molar-refractivity contribution >= 4 is 22.6 Å². The van der Waals surface area contributed by atoms with E-state index in [-0.39, 0.29) is 0 Å². The van der Waals surface area contributed by atoms with Crippen molar-refractivity contribution in [2.45, 2.75) is 13.8 Å². The van der Waals surface area contributed by atoms with Crippen molar-refractivity contribution in [3.8, 4) is 5.69 Å². The molecule has 0 amide bonds. The van der Waals surface area contributed by atoms with Gasteiger partial charge in [-0.25, -0.2) is 26.6 Å². The van der Waals surface area contributed by atoms with Crippen LogP contribution in [0.2, 0.25) is 0 Å². The fourth-order valence-corrected chi connectivity index (χ4v) is 1.96. The lowest BCUT2D eigenvalue weighted by atomic mass is 10.2. The Morgan fingerprint density at radius 2 is 1.26 bits per heavy atom. The lowest BCUT2D eigenvalue weighted by molar-refractivity contribution is 0.373. The van der Waals surface area contributed by atoms with E-state index in [1.165, 1.54) is 6.92 Å². The lowest BCUT2D eigenvalue weighted by Crippen LogP contribution is -2.12. The predicted molar refractivity (Wildman–Crippen MR) is 65.5 cm³/mol. The van der Waals surface area contributed by atoms with E-state index in [0.717, 1.165) is 0 Å². The van der Waals surface area contributed by atoms with Crippen molar-refractivity contribution < 1.29 is 22.0 Å². The van der Waals surface area contributed by atoms with Gasteiger partial charge in [0.1, 0.15) is 5.69 Å². The molecule has 2 aromatic rings. The van der Waals surface area contributed by atoms with E-state index >= 15 is 0 Å². The van der Waals surface area contributed by atoms with Gasteiger partial charge in [0.25, 0.3) is 0 Å². The van der Waals surface area contributed by atoms with Crippen LogP contribution in [0, 0.1) is 46.5 Å². The van der Waals surface area contributed by atoms with E-state index in [1.807, 2.05) is 22.6 Å². The minimum absolute atomic E-state index is 0.293. The van der Waals surface area contributed by atoms with E-state index in [2.05, 4.69) is 5.10 Å². The first kappa shape index (κ1) is 14.2. The van der Waals surface area contributed by atoms with Gasteiger partial charge in [-0.05, 0) is 36.4 Å². The van der Waals surface area contributed by atoms with Gasteiger partial charge in [0.15, 0.2) is 23.3 Å². The van der Waals surface area contributed by atoms with Crippen LogP contribution in [0.15, 0.2) is 0 Å². The van der Waals surface area contributed by atoms with Gasteiger partial charge in [-0.15, -0.1) is 0 Å². The number of aryl methyl sites for hydroxylation is 1. The van der Waals surface area contributed by atoms with Crippen molar-refractivity contribution in [3.63, 3.8) is 0 Å². The van der Waals surface area contributed by atoms with E-state index < -0.39 is 34.8 Å². The molecule has 1 aromatic carbocycles. The van der Waals surface area contributed by atoms with Gasteiger partial charge in [-0.2, -0.15) is 5.10 Å². The van der Waals surface area contributed by atoms with E-state index in [4.69, 9.17) is 0 Å². The van der Waals surface area contributed by atoms with Crippen molar-refractivity contribution in [1.82, 2.24) is 9.78 Å². The van der Waals surface area contributed by atoms with Gasteiger partial charge in [-0.3, -0.25) is 0 Å². The van der Waals surface area contributed by atoms with E-state index in [0.29, 0.717) is 19.6 Å². The summed E-state index contributed by atoms with van der Waals surface area (Å²) in [5, 5.41) is 3.79. The van der Waals surface area contributed by atoms with Crippen LogP contribution in [0.5, 0.6) is 0 Å². The quantitative estimate of drug-likeness (QED) is 0.315. The Balaban J connectivity index is 2.87. The summed E-state index contributed by atoms with van der Waals surface area (Å²) in [5.41, 5.74) is -0.344. The summed E-state index contributed by atoms with van der Waals surface area (Å²) in [6, 6.07) is 0. The minimum Gasteiger partial charge on any atom is -0.231 e. The first-order valence-electron chi connectivity index (χ1n) is 5.00. The zero-order chi connectivity index (χ0) is 14.5. The molecule has 0 spiro atoms. The molecule has 0 radical (unpaired) electrons. The summed E-state index contributed by atoms with van der Waals surface area (Å²) in [5.74, 6) is -9.97. The standard InChI is InChI=1S/C11H6F5IN2/c1-3-10(17)4(2)19(18-3)11-8(15)6(13)5(12)7(14)9(11)16/h1-2H3. The zero-order valence-electron chi connectivity index (χ0n) is 9.66. The van der Waals surface area contributed by atoms with Gasteiger partial charge >= 0.3 is 0 Å². The largest absolute Gasteiger partial charge is 0.231 e. The highest BCUT2D eigenvalue weighted by atomic mass is 127. The molecular weight excluding hydrogens is 382 g/mol. The highest BCUT2D eigenvalue weighted by Crippen LogP contribution is 2.28. The van der Waals surface area contributed by atoms with Crippen LogP contribution in [-0.4, -0.2) is 9.78 Å². The molecule has 102 valence electrons. The van der Waals surface area contributed by atoms with Crippen LogP contribution < -0.4 is 0 Å². The van der Waals surface area contributed by atoms with Gasteiger partial charge in [0.05, 0.1) is 15.0 Å². The molecule has 1 aromatic heterocycles. The van der Waals surface area contributed by atoms with E-state index in [9.17, 15) is 22.0 Å². The van der Waals surface area contributed by atoms with Gasteiger partial charge in [-0.1, -0.05) is 0 Å². The maximum absolute atomic E-state index is 13.6. The molecule has 0 aliphatic rings. The molecule has 2 rings (SSSR count). The lowest BCUT2D eigenvalue weighted by Gasteiger charge is -2.09. The van der Waals surface area contributed by atoms with Crippen LogP contribution in [0.4, 0.5) is 22.0 Å². The van der Waals surface area contributed by atoms with Gasteiger partial charge in [0, 0.05) is 0 Å². The average Bonchev–Trinajstić information content (AvgIpc) is 2.62. The Kier molecular flexibility index (Phi) is 3.54. The SMILES string of the molecule is Cc1nn(-c2c(F)c(F)c(F)c(F)c2F)c(C)c1I. The second-order valence-corrected chi connectivity index (χ2v) is 4.89. The zero-order valence-corrected chi connectivity index (χ0v) is 11.8. The molecule has 2 nitrogen and oxygen atoms in total. The van der Waals surface area contributed by atoms with Crippen molar-refractivity contribution in [1.29, 1.82) is 0 Å². The number of hydrogen-bond donors (Lipinski definition) is 0. The first-order chi connectivity index (χ1) is 8.77. The molecule has 8 heteroatoms. The van der Waals surface area contributed by atoms with Crippen LogP contribution >= 0.6 is 22.6 Å². The number of benzene rings is 1. The Morgan fingerprint density at radius 3 is 1.63 bits per heavy atom. The number of rotatable bonds is 1. The second-order valence-electron chi connectivity index (χ2n) is 3.82. The van der Waals surface area contributed by atoms with Crippen LogP contribution in [-0.2, 0) is 0 Å². The number of aromatic nitrogens is 2. The summed E-state index contributed by atoms with van der Waals surface area (Å²) in [6.07, 6.45) is 0. The maximum Gasteiger partial charge on any atom is 0.200 e. The Bertz CT molecular complexity index is 651. The third-order valence-electron chi connectivity index (χ3n) is 2.60. The summed E-state index contributed by atoms with van der Waals surface area (Å²) >= 11 is 1.87. The Labute approximate surface area is 118 Å². The highest BCUT2D eigenvalue weighted by molar-refractivity contribution is 14.1. The van der Waals surface area contributed by atoms with Gasteiger partial charge < -0.3 is 0 Å². The first-order valence-corrected chi connectivity index (χ1v) is 6.08. The summed E-state index contributed by atoms with van der Waals surface area (Å²) < 4.78 is 67.7. The normalized spacial score (nSPS) is 11.2. The molecule has 0 saturated carbocycles. The molecule has 1 heterocycles. The molecule has 19 heavy (non-hydrogen) atoms. The van der Waals surface area contributed by atoms with E-state index in [1.54, 1.807) is 6.92 Å². The Hall–Kier alpha value is -1.19. The number of halogens is 6. The molecule has 0 bridgehead atoms. The third-order valence-corrected chi connectivity index (χ3v) is 4.16. The van der Waals surface area contributed by atoms with Crippen molar-refractivity contribution in [2.24, 2.45) is 0 Å². The molecule has 0 aliphatic carbocycles. The number of hydrogen-bond acceptors (Lipinski definition) is 1. The topological polar surface area (TPSA) is 17.8 Å². The molecule has 0 saturated heterocycles. The third kappa shape index (κ3) is 2.01. The molecule has 0 N–H and O–H groups in total. The second kappa shape index (κ2) is 4.73. The van der Waals surface area contributed by atoms with Crippen LogP contribution in [0.1, 0.15) is 11.4 Å². The average molecular weight is 388 g/mol. The maximum atomic E-state index is 13.6. The fraction of sp³-hybridized carbons (Fsp3) is 0.182. The van der Waals surface area contributed by atoms with Crippen LogP contribution in [0.25, 0.3) is 5.69 Å². The highest BCUT2D eigenvalue weighted by Gasteiger charge is 2.28. The molecule has 0 atom stereocenters. The van der Waals surface area contributed by atoms with Crippen molar-refractivity contribution in [3.05, 3.63) is 44.0 Å². The fourth-order valence-electron chi connectivity index (χ4n) is 1.62. The van der Waals surface area contributed by atoms with Gasteiger partial charge in [0.2, 0.25) is 5.82 Å². The smallest absolute Gasteiger partial charge is 0.200 e. The molecule has 0 unspecified atom stereocenters. The molecule has 0 fully saturated rings. The summed E-state index contributed by atoms with van der Waals surface area (Å²) in [6.45, 7) is 3.04. The summed E-state index contributed by atoms with van der Waals surface area (Å²) in [4.78, 5) is 0. The summed E-state index contributed by atoms with van der Waals surface area (Å²) in [7, 11) is 0. The number of nitrogens with zero attached hydrogens (tertiary/aromatic N) is 2. The predicted octanol–water partition coefficient (Wildman–Crippen LogP) is 3.79. The monoisotopic (exact) mass is 388 g/mol.